The first-order chi connectivity index (χ1) is 11.4. The van der Waals surface area contributed by atoms with E-state index < -0.39 is 0 Å². The van der Waals surface area contributed by atoms with Crippen molar-refractivity contribution in [1.82, 2.24) is 19.9 Å². The van der Waals surface area contributed by atoms with Gasteiger partial charge in [-0.2, -0.15) is 0 Å². The summed E-state index contributed by atoms with van der Waals surface area (Å²) in [4.78, 5) is 18.2. The van der Waals surface area contributed by atoms with E-state index in [0.29, 0.717) is 5.92 Å². The third-order valence-electron chi connectivity index (χ3n) is 5.01. The summed E-state index contributed by atoms with van der Waals surface area (Å²) in [6.45, 7) is 5.09. The highest BCUT2D eigenvalue weighted by Crippen LogP contribution is 2.35. The number of aromatic nitrogens is 3. The standard InChI is InChI=1S/C18H23N5/c1-2-7-19-16(6-1)13-22-8-10-23(11-9-22)18-12-17(20-14-21-18)15-4-3-5-15/h1-2,6-7,12,14-15H,3-5,8-11,13H2. The predicted octanol–water partition coefficient (Wildman–Crippen LogP) is 2.46. The molecule has 1 aliphatic heterocycles. The van der Waals surface area contributed by atoms with Gasteiger partial charge in [0, 0.05) is 56.6 Å². The van der Waals surface area contributed by atoms with Crippen molar-refractivity contribution in [1.29, 1.82) is 0 Å². The largest absolute Gasteiger partial charge is 0.354 e. The van der Waals surface area contributed by atoms with Gasteiger partial charge >= 0.3 is 0 Å². The highest BCUT2D eigenvalue weighted by molar-refractivity contribution is 5.40. The van der Waals surface area contributed by atoms with E-state index in [1.54, 1.807) is 6.33 Å². The van der Waals surface area contributed by atoms with Crippen LogP contribution in [0.2, 0.25) is 0 Å². The molecule has 1 saturated heterocycles. The van der Waals surface area contributed by atoms with Gasteiger partial charge in [0.25, 0.3) is 0 Å². The molecule has 4 rings (SSSR count). The molecule has 120 valence electrons. The summed E-state index contributed by atoms with van der Waals surface area (Å²) in [5.74, 6) is 1.77. The Kier molecular flexibility index (Phi) is 4.20. The zero-order chi connectivity index (χ0) is 15.5. The average molecular weight is 309 g/mol. The van der Waals surface area contributed by atoms with E-state index >= 15 is 0 Å². The summed E-state index contributed by atoms with van der Waals surface area (Å²) in [6, 6.07) is 8.33. The van der Waals surface area contributed by atoms with Gasteiger partial charge in [-0.25, -0.2) is 9.97 Å². The molecule has 2 aromatic rings. The van der Waals surface area contributed by atoms with Crippen LogP contribution in [0.1, 0.15) is 36.6 Å². The molecule has 23 heavy (non-hydrogen) atoms. The number of nitrogens with zero attached hydrogens (tertiary/aromatic N) is 5. The molecule has 1 aliphatic carbocycles. The van der Waals surface area contributed by atoms with Crippen molar-refractivity contribution in [3.05, 3.63) is 48.2 Å². The van der Waals surface area contributed by atoms with Crippen molar-refractivity contribution in [3.63, 3.8) is 0 Å². The van der Waals surface area contributed by atoms with Crippen LogP contribution < -0.4 is 4.90 Å². The van der Waals surface area contributed by atoms with Crippen molar-refractivity contribution in [2.24, 2.45) is 0 Å². The number of hydrogen-bond donors (Lipinski definition) is 0. The molecule has 0 radical (unpaired) electrons. The van der Waals surface area contributed by atoms with Crippen LogP contribution >= 0.6 is 0 Å². The smallest absolute Gasteiger partial charge is 0.132 e. The fraction of sp³-hybridized carbons (Fsp3) is 0.500. The van der Waals surface area contributed by atoms with Crippen molar-refractivity contribution in [2.45, 2.75) is 31.7 Å². The summed E-state index contributed by atoms with van der Waals surface area (Å²) in [7, 11) is 0. The van der Waals surface area contributed by atoms with Gasteiger partial charge in [-0.3, -0.25) is 9.88 Å². The Hall–Kier alpha value is -2.01. The second-order valence-corrected chi connectivity index (χ2v) is 6.51. The second kappa shape index (κ2) is 6.62. The third kappa shape index (κ3) is 3.34. The molecule has 5 nitrogen and oxygen atoms in total. The van der Waals surface area contributed by atoms with Crippen LogP contribution in [-0.4, -0.2) is 46.0 Å². The molecular formula is C18H23N5. The number of pyridine rings is 1. The topological polar surface area (TPSA) is 45.2 Å². The maximum absolute atomic E-state index is 4.50. The van der Waals surface area contributed by atoms with Crippen LogP contribution in [0.5, 0.6) is 0 Å². The first kappa shape index (κ1) is 14.6. The van der Waals surface area contributed by atoms with E-state index in [4.69, 9.17) is 0 Å². The molecule has 2 aromatic heterocycles. The van der Waals surface area contributed by atoms with Crippen molar-refractivity contribution < 1.29 is 0 Å². The van der Waals surface area contributed by atoms with Gasteiger partial charge in [0.15, 0.2) is 0 Å². The first-order valence-electron chi connectivity index (χ1n) is 8.57. The lowest BCUT2D eigenvalue weighted by Gasteiger charge is -2.35. The van der Waals surface area contributed by atoms with Crippen LogP contribution in [0, 0.1) is 0 Å². The Morgan fingerprint density at radius 1 is 1.00 bits per heavy atom. The predicted molar refractivity (Wildman–Crippen MR) is 90.4 cm³/mol. The molecular weight excluding hydrogens is 286 g/mol. The summed E-state index contributed by atoms with van der Waals surface area (Å²) >= 11 is 0. The molecule has 0 spiro atoms. The fourth-order valence-corrected chi connectivity index (χ4v) is 3.32. The van der Waals surface area contributed by atoms with E-state index in [1.165, 1.54) is 25.0 Å². The molecule has 0 atom stereocenters. The Bertz CT molecular complexity index is 633. The minimum absolute atomic E-state index is 0.669. The highest BCUT2D eigenvalue weighted by Gasteiger charge is 2.23. The van der Waals surface area contributed by atoms with Crippen molar-refractivity contribution in [3.8, 4) is 0 Å². The molecule has 0 amide bonds. The minimum atomic E-state index is 0.669. The summed E-state index contributed by atoms with van der Waals surface area (Å²) in [5.41, 5.74) is 2.38. The lowest BCUT2D eigenvalue weighted by atomic mass is 9.83. The van der Waals surface area contributed by atoms with Crippen molar-refractivity contribution >= 4 is 5.82 Å². The molecule has 5 heteroatoms. The number of anilines is 1. The summed E-state index contributed by atoms with van der Waals surface area (Å²) < 4.78 is 0. The zero-order valence-electron chi connectivity index (χ0n) is 13.4. The Labute approximate surface area is 137 Å². The lowest BCUT2D eigenvalue weighted by molar-refractivity contribution is 0.246. The molecule has 2 fully saturated rings. The van der Waals surface area contributed by atoms with Crippen molar-refractivity contribution in [2.75, 3.05) is 31.1 Å². The molecule has 0 N–H and O–H groups in total. The Morgan fingerprint density at radius 2 is 1.87 bits per heavy atom. The monoisotopic (exact) mass is 309 g/mol. The maximum atomic E-state index is 4.50. The van der Waals surface area contributed by atoms with Gasteiger partial charge in [-0.05, 0) is 25.0 Å². The molecule has 2 aliphatic rings. The molecule has 1 saturated carbocycles. The van der Waals surface area contributed by atoms with E-state index in [0.717, 1.165) is 44.2 Å². The van der Waals surface area contributed by atoms with Crippen LogP contribution in [0.25, 0.3) is 0 Å². The third-order valence-corrected chi connectivity index (χ3v) is 5.01. The Morgan fingerprint density at radius 3 is 2.57 bits per heavy atom. The normalized spacial score (nSPS) is 19.6. The van der Waals surface area contributed by atoms with E-state index in [2.05, 4.69) is 43.0 Å². The highest BCUT2D eigenvalue weighted by atomic mass is 15.3. The first-order valence-corrected chi connectivity index (χ1v) is 8.57. The van der Waals surface area contributed by atoms with Gasteiger partial charge < -0.3 is 4.90 Å². The van der Waals surface area contributed by atoms with Crippen LogP contribution in [0.4, 0.5) is 5.82 Å². The van der Waals surface area contributed by atoms with E-state index in [9.17, 15) is 0 Å². The van der Waals surface area contributed by atoms with Gasteiger partial charge in [0.05, 0.1) is 5.69 Å². The summed E-state index contributed by atoms with van der Waals surface area (Å²) in [5, 5.41) is 0. The van der Waals surface area contributed by atoms with Crippen LogP contribution in [0.15, 0.2) is 36.8 Å². The van der Waals surface area contributed by atoms with Crippen LogP contribution in [-0.2, 0) is 6.54 Å². The lowest BCUT2D eigenvalue weighted by Crippen LogP contribution is -2.46. The van der Waals surface area contributed by atoms with Crippen LogP contribution in [0.3, 0.4) is 0 Å². The summed E-state index contributed by atoms with van der Waals surface area (Å²) in [6.07, 6.45) is 7.52. The quantitative estimate of drug-likeness (QED) is 0.868. The van der Waals surface area contributed by atoms with Gasteiger partial charge in [-0.15, -0.1) is 0 Å². The zero-order valence-corrected chi connectivity index (χ0v) is 13.4. The number of piperazine rings is 1. The number of rotatable bonds is 4. The SMILES string of the molecule is c1ccc(CN2CCN(c3cc(C4CCC4)ncn3)CC2)nc1. The minimum Gasteiger partial charge on any atom is -0.354 e. The molecule has 3 heterocycles. The molecule has 0 aromatic carbocycles. The van der Waals surface area contributed by atoms with Gasteiger partial charge in [0.2, 0.25) is 0 Å². The van der Waals surface area contributed by atoms with Gasteiger partial charge in [-0.1, -0.05) is 12.5 Å². The average Bonchev–Trinajstić information content (AvgIpc) is 2.55. The molecule has 0 bridgehead atoms. The molecule has 0 unspecified atom stereocenters. The maximum Gasteiger partial charge on any atom is 0.132 e. The van der Waals surface area contributed by atoms with Gasteiger partial charge in [0.1, 0.15) is 12.1 Å². The number of hydrogen-bond acceptors (Lipinski definition) is 5. The second-order valence-electron chi connectivity index (χ2n) is 6.51. The Balaban J connectivity index is 1.36. The van der Waals surface area contributed by atoms with E-state index in [-0.39, 0.29) is 0 Å². The fourth-order valence-electron chi connectivity index (χ4n) is 3.32. The van der Waals surface area contributed by atoms with E-state index in [1.807, 2.05) is 12.3 Å².